The summed E-state index contributed by atoms with van der Waals surface area (Å²) < 4.78 is 6.16. The van der Waals surface area contributed by atoms with Gasteiger partial charge in [-0.25, -0.2) is 0 Å². The standard InChI is InChI=1S/C10H12BrNO3/c11-7-3-6(8(13)4-12)9(14)10-5(7)1-2-15-10/h3,8,13-14H,1-2,4,12H2. The molecule has 0 saturated carbocycles. The first-order valence-electron chi connectivity index (χ1n) is 4.70. The number of phenolic OH excluding ortho intramolecular Hbond substituents is 1. The normalized spacial score (nSPS) is 15.9. The minimum atomic E-state index is -0.865. The summed E-state index contributed by atoms with van der Waals surface area (Å²) >= 11 is 3.39. The van der Waals surface area contributed by atoms with Crippen LogP contribution in [0.3, 0.4) is 0 Å². The van der Waals surface area contributed by atoms with Crippen LogP contribution in [-0.4, -0.2) is 23.4 Å². The summed E-state index contributed by atoms with van der Waals surface area (Å²) in [5, 5.41) is 19.5. The molecule has 0 aliphatic carbocycles. The summed E-state index contributed by atoms with van der Waals surface area (Å²) in [6, 6.07) is 1.69. The number of aromatic hydroxyl groups is 1. The summed E-state index contributed by atoms with van der Waals surface area (Å²) in [5.41, 5.74) is 6.70. The Labute approximate surface area is 95.8 Å². The molecule has 15 heavy (non-hydrogen) atoms. The fraction of sp³-hybridized carbons (Fsp3) is 0.400. The van der Waals surface area contributed by atoms with Crippen LogP contribution in [-0.2, 0) is 6.42 Å². The Morgan fingerprint density at radius 1 is 1.60 bits per heavy atom. The van der Waals surface area contributed by atoms with Gasteiger partial charge in [-0.1, -0.05) is 15.9 Å². The van der Waals surface area contributed by atoms with Crippen LogP contribution in [0.5, 0.6) is 11.5 Å². The van der Waals surface area contributed by atoms with Gasteiger partial charge in [-0.3, -0.25) is 0 Å². The fourth-order valence-electron chi connectivity index (χ4n) is 1.70. The van der Waals surface area contributed by atoms with E-state index in [1.165, 1.54) is 0 Å². The molecule has 0 saturated heterocycles. The minimum Gasteiger partial charge on any atom is -0.504 e. The van der Waals surface area contributed by atoms with Gasteiger partial charge in [-0.15, -0.1) is 0 Å². The van der Waals surface area contributed by atoms with E-state index >= 15 is 0 Å². The number of benzene rings is 1. The van der Waals surface area contributed by atoms with Crippen molar-refractivity contribution in [2.75, 3.05) is 13.2 Å². The van der Waals surface area contributed by atoms with Crippen LogP contribution in [0.1, 0.15) is 17.2 Å². The number of halogens is 1. The molecule has 0 spiro atoms. The van der Waals surface area contributed by atoms with E-state index in [9.17, 15) is 10.2 Å². The molecule has 82 valence electrons. The number of aliphatic hydroxyl groups is 1. The molecule has 0 aromatic heterocycles. The van der Waals surface area contributed by atoms with Gasteiger partial charge in [0.25, 0.3) is 0 Å². The average molecular weight is 274 g/mol. The lowest BCUT2D eigenvalue weighted by molar-refractivity contribution is 0.181. The summed E-state index contributed by atoms with van der Waals surface area (Å²) in [5.74, 6) is 0.468. The zero-order valence-corrected chi connectivity index (χ0v) is 9.62. The minimum absolute atomic E-state index is 0.00338. The molecule has 1 atom stereocenters. The molecule has 2 rings (SSSR count). The van der Waals surface area contributed by atoms with Crippen LogP contribution in [0, 0.1) is 0 Å². The van der Waals surface area contributed by atoms with Crippen LogP contribution in [0.2, 0.25) is 0 Å². The van der Waals surface area contributed by atoms with Gasteiger partial charge in [-0.2, -0.15) is 0 Å². The van der Waals surface area contributed by atoms with E-state index in [-0.39, 0.29) is 12.3 Å². The third kappa shape index (κ3) is 1.71. The highest BCUT2D eigenvalue weighted by Gasteiger charge is 2.24. The highest BCUT2D eigenvalue weighted by molar-refractivity contribution is 9.10. The van der Waals surface area contributed by atoms with E-state index in [2.05, 4.69) is 15.9 Å². The lowest BCUT2D eigenvalue weighted by Gasteiger charge is -2.14. The maximum atomic E-state index is 9.87. The van der Waals surface area contributed by atoms with Gasteiger partial charge >= 0.3 is 0 Å². The monoisotopic (exact) mass is 273 g/mol. The molecule has 1 aliphatic rings. The van der Waals surface area contributed by atoms with Crippen molar-refractivity contribution in [3.8, 4) is 11.5 Å². The third-order valence-corrected chi connectivity index (χ3v) is 3.22. The molecule has 1 aromatic carbocycles. The Morgan fingerprint density at radius 2 is 2.33 bits per heavy atom. The van der Waals surface area contributed by atoms with E-state index in [1.807, 2.05) is 0 Å². The van der Waals surface area contributed by atoms with Crippen molar-refractivity contribution in [1.82, 2.24) is 0 Å². The molecule has 0 radical (unpaired) electrons. The summed E-state index contributed by atoms with van der Waals surface area (Å²) in [6.07, 6.45) is -0.0987. The first-order valence-corrected chi connectivity index (χ1v) is 5.49. The number of aliphatic hydroxyl groups excluding tert-OH is 1. The number of nitrogens with two attached hydrogens (primary N) is 1. The number of hydrogen-bond donors (Lipinski definition) is 3. The molecule has 4 nitrogen and oxygen atoms in total. The maximum Gasteiger partial charge on any atom is 0.165 e. The molecule has 4 N–H and O–H groups in total. The molecular formula is C10H12BrNO3. The van der Waals surface area contributed by atoms with Gasteiger partial charge in [-0.05, 0) is 6.07 Å². The average Bonchev–Trinajstić information content (AvgIpc) is 2.71. The van der Waals surface area contributed by atoms with Crippen LogP contribution in [0.25, 0.3) is 0 Å². The predicted octanol–water partition coefficient (Wildman–Crippen LogP) is 1.08. The van der Waals surface area contributed by atoms with Crippen molar-refractivity contribution < 1.29 is 14.9 Å². The zero-order valence-electron chi connectivity index (χ0n) is 8.03. The van der Waals surface area contributed by atoms with Crippen molar-refractivity contribution >= 4 is 15.9 Å². The molecule has 1 unspecified atom stereocenters. The number of rotatable bonds is 2. The first-order chi connectivity index (χ1) is 7.15. The van der Waals surface area contributed by atoms with E-state index in [4.69, 9.17) is 10.5 Å². The molecule has 1 heterocycles. The Balaban J connectivity index is 2.54. The van der Waals surface area contributed by atoms with E-state index in [0.29, 0.717) is 17.9 Å². The highest BCUT2D eigenvalue weighted by Crippen LogP contribution is 2.43. The van der Waals surface area contributed by atoms with Crippen molar-refractivity contribution in [2.45, 2.75) is 12.5 Å². The molecule has 0 amide bonds. The molecular weight excluding hydrogens is 262 g/mol. The van der Waals surface area contributed by atoms with Gasteiger partial charge in [0.1, 0.15) is 0 Å². The van der Waals surface area contributed by atoms with Crippen molar-refractivity contribution in [3.63, 3.8) is 0 Å². The van der Waals surface area contributed by atoms with Gasteiger partial charge in [0.05, 0.1) is 12.7 Å². The van der Waals surface area contributed by atoms with Crippen molar-refractivity contribution in [2.24, 2.45) is 5.73 Å². The van der Waals surface area contributed by atoms with Crippen LogP contribution in [0.4, 0.5) is 0 Å². The lowest BCUT2D eigenvalue weighted by Crippen LogP contribution is -2.12. The van der Waals surface area contributed by atoms with Gasteiger partial charge in [0.2, 0.25) is 0 Å². The largest absolute Gasteiger partial charge is 0.504 e. The maximum absolute atomic E-state index is 9.87. The molecule has 1 aromatic rings. The highest BCUT2D eigenvalue weighted by atomic mass is 79.9. The smallest absolute Gasteiger partial charge is 0.165 e. The Morgan fingerprint density at radius 3 is 3.00 bits per heavy atom. The Bertz CT molecular complexity index is 395. The van der Waals surface area contributed by atoms with Crippen LogP contribution in [0.15, 0.2) is 10.5 Å². The van der Waals surface area contributed by atoms with E-state index in [1.54, 1.807) is 6.07 Å². The fourth-order valence-corrected chi connectivity index (χ4v) is 2.32. The van der Waals surface area contributed by atoms with Crippen molar-refractivity contribution in [3.05, 3.63) is 21.7 Å². The van der Waals surface area contributed by atoms with Crippen LogP contribution < -0.4 is 10.5 Å². The molecule has 1 aliphatic heterocycles. The molecule has 5 heteroatoms. The Hall–Kier alpha value is -0.780. The summed E-state index contributed by atoms with van der Waals surface area (Å²) in [7, 11) is 0. The van der Waals surface area contributed by atoms with Crippen LogP contribution >= 0.6 is 15.9 Å². The second-order valence-corrected chi connectivity index (χ2v) is 4.31. The topological polar surface area (TPSA) is 75.7 Å². The number of ether oxygens (including phenoxy) is 1. The van der Waals surface area contributed by atoms with Gasteiger partial charge in [0.15, 0.2) is 11.5 Å². The second-order valence-electron chi connectivity index (χ2n) is 3.45. The second kappa shape index (κ2) is 4.00. The van der Waals surface area contributed by atoms with E-state index < -0.39 is 6.10 Å². The van der Waals surface area contributed by atoms with Gasteiger partial charge in [0, 0.05) is 28.6 Å². The Kier molecular flexibility index (Phi) is 2.86. The summed E-state index contributed by atoms with van der Waals surface area (Å²) in [6.45, 7) is 0.627. The third-order valence-electron chi connectivity index (χ3n) is 2.51. The molecule has 0 fully saturated rings. The zero-order chi connectivity index (χ0) is 11.0. The predicted molar refractivity (Wildman–Crippen MR) is 59.0 cm³/mol. The number of hydrogen-bond acceptors (Lipinski definition) is 4. The van der Waals surface area contributed by atoms with Gasteiger partial charge < -0.3 is 20.7 Å². The molecule has 0 bridgehead atoms. The van der Waals surface area contributed by atoms with Crippen molar-refractivity contribution in [1.29, 1.82) is 0 Å². The number of phenols is 1. The SMILES string of the molecule is NCC(O)c1cc(Br)c2c(c1O)OCC2. The lowest BCUT2D eigenvalue weighted by atomic mass is 10.0. The number of fused-ring (bicyclic) bond motifs is 1. The summed E-state index contributed by atoms with van der Waals surface area (Å²) in [4.78, 5) is 0. The quantitative estimate of drug-likeness (QED) is 0.754. The first kappa shape index (κ1) is 10.7. The van der Waals surface area contributed by atoms with E-state index in [0.717, 1.165) is 16.5 Å².